The maximum absolute atomic E-state index is 17.0. The number of carbonyl (C=O) groups excluding carboxylic acids is 1. The van der Waals surface area contributed by atoms with Crippen LogP contribution >= 0.6 is 11.6 Å². The van der Waals surface area contributed by atoms with Crippen molar-refractivity contribution < 1.29 is 27.4 Å². The molecular weight excluding hydrogens is 733 g/mol. The van der Waals surface area contributed by atoms with Crippen molar-refractivity contribution in [3.63, 3.8) is 0 Å². The normalized spacial score (nSPS) is 26.8. The first-order chi connectivity index (χ1) is 26.7. The fourth-order valence-electron chi connectivity index (χ4n) is 9.26. The molecule has 15 heteroatoms. The van der Waals surface area contributed by atoms with Crippen molar-refractivity contribution in [3.8, 4) is 17.3 Å². The number of anilines is 1. The number of rotatable bonds is 9. The smallest absolute Gasteiger partial charge is 0.319 e. The predicted octanol–water partition coefficient (Wildman–Crippen LogP) is 5.70. The number of morpholine rings is 1. The van der Waals surface area contributed by atoms with Crippen LogP contribution < -0.4 is 9.64 Å². The van der Waals surface area contributed by atoms with Gasteiger partial charge in [0.2, 0.25) is 12.5 Å². The van der Waals surface area contributed by atoms with Crippen LogP contribution in [0, 0.1) is 18.2 Å². The summed E-state index contributed by atoms with van der Waals surface area (Å²) < 4.78 is 58.3. The summed E-state index contributed by atoms with van der Waals surface area (Å²) in [5.41, 5.74) is -0.326. The average molecular weight is 773 g/mol. The summed E-state index contributed by atoms with van der Waals surface area (Å²) in [6.07, 6.45) is 7.67. The topological polar surface area (TPSA) is 91.5 Å². The van der Waals surface area contributed by atoms with Crippen molar-refractivity contribution in [2.45, 2.75) is 55.6 Å². The van der Waals surface area contributed by atoms with Gasteiger partial charge in [0.15, 0.2) is 5.82 Å². The lowest BCUT2D eigenvalue weighted by Gasteiger charge is -2.46. The Hall–Kier alpha value is -4.55. The minimum Gasteiger partial charge on any atom is -0.461 e. The van der Waals surface area contributed by atoms with E-state index in [9.17, 15) is 13.6 Å². The Morgan fingerprint density at radius 1 is 1.11 bits per heavy atom. The highest BCUT2D eigenvalue weighted by molar-refractivity contribution is 6.36. The molecule has 2 aromatic carbocycles. The third-order valence-corrected chi connectivity index (χ3v) is 12.3. The zero-order chi connectivity index (χ0) is 37.8. The largest absolute Gasteiger partial charge is 0.461 e. The molecule has 8 heterocycles. The van der Waals surface area contributed by atoms with Crippen LogP contribution in [0.2, 0.25) is 5.02 Å². The van der Waals surface area contributed by atoms with Gasteiger partial charge in [-0.3, -0.25) is 19.6 Å². The van der Waals surface area contributed by atoms with E-state index >= 15 is 4.39 Å². The molecule has 0 radical (unpaired) electrons. The van der Waals surface area contributed by atoms with E-state index in [2.05, 4.69) is 24.6 Å². The Kier molecular flexibility index (Phi) is 9.52. The monoisotopic (exact) mass is 772 g/mol. The first-order valence-electron chi connectivity index (χ1n) is 18.9. The van der Waals surface area contributed by atoms with E-state index < -0.39 is 29.4 Å². The number of amides is 1. The van der Waals surface area contributed by atoms with Gasteiger partial charge in [-0.2, -0.15) is 9.97 Å². The number of fused-ring (bicyclic) bond motifs is 5. The number of piperazine rings is 1. The van der Waals surface area contributed by atoms with Crippen LogP contribution in [0.5, 0.6) is 6.01 Å². The summed E-state index contributed by atoms with van der Waals surface area (Å²) in [4.78, 5) is 39.1. The van der Waals surface area contributed by atoms with Crippen LogP contribution in [0.25, 0.3) is 37.8 Å². The van der Waals surface area contributed by atoms with E-state index in [4.69, 9.17) is 32.6 Å². The van der Waals surface area contributed by atoms with Gasteiger partial charge in [-0.15, -0.1) is 0 Å². The maximum Gasteiger partial charge on any atom is 0.319 e. The molecule has 11 nitrogen and oxygen atoms in total. The van der Waals surface area contributed by atoms with Crippen LogP contribution in [0.4, 0.5) is 19.0 Å². The van der Waals surface area contributed by atoms with Crippen LogP contribution in [0.3, 0.4) is 0 Å². The van der Waals surface area contributed by atoms with Gasteiger partial charge in [-0.25, -0.2) is 19.7 Å². The lowest BCUT2D eigenvalue weighted by atomic mass is 9.95. The van der Waals surface area contributed by atoms with Crippen LogP contribution in [-0.4, -0.2) is 131 Å². The van der Waals surface area contributed by atoms with Crippen molar-refractivity contribution in [1.29, 1.82) is 0 Å². The predicted molar refractivity (Wildman–Crippen MR) is 202 cm³/mol. The Morgan fingerprint density at radius 2 is 1.95 bits per heavy atom. The van der Waals surface area contributed by atoms with E-state index in [1.807, 2.05) is 11.0 Å². The van der Waals surface area contributed by atoms with E-state index in [0.717, 1.165) is 38.9 Å². The molecule has 6 aliphatic rings. The molecule has 0 N–H and O–H groups in total. The number of ether oxygens (including phenoxy) is 2. The molecule has 0 saturated carbocycles. The van der Waals surface area contributed by atoms with Gasteiger partial charge >= 0.3 is 6.01 Å². The van der Waals surface area contributed by atoms with Crippen molar-refractivity contribution in [3.05, 3.63) is 76.8 Å². The molecule has 5 atom stereocenters. The quantitative estimate of drug-likeness (QED) is 0.157. The molecule has 10 rings (SSSR count). The highest BCUT2D eigenvalue weighted by Crippen LogP contribution is 2.42. The molecule has 2 unspecified atom stereocenters. The first kappa shape index (κ1) is 36.1. The number of benzene rings is 2. The standard InChI is InChI=1S/C40H40ClF3N8O3/c1-45-17-26-20-50(13-14-52(26)32(53)7-3-11-49-21-27-15-28(22-49)55-27)38-30-18-46-36(29-6-2-5-24-8-9-31(43)34(41)33(24)29)35(44)37(30)47-39(48-38)54-23-40-10-4-12-51(40)19-25(42)16-40/h2-3,5-9,18,25-28H,4,10-17,19-23H2/b7-3+/t25-,26+,27?,28?,40+/m1/s1. The van der Waals surface area contributed by atoms with E-state index in [-0.39, 0.29) is 60.1 Å². The lowest BCUT2D eigenvalue weighted by Crippen LogP contribution is -2.57. The highest BCUT2D eigenvalue weighted by atomic mass is 35.5. The SMILES string of the molecule is [C-]#[N+]C[C@H]1CN(c2nc(OC[C@@]34CCCN3C[C@H](F)C4)nc3c(F)c(-c4cccc5ccc(F)c(Cl)c45)ncc23)CCN1C(=O)/C=C/CN1CC2CC(C1)O2. The molecule has 2 bridgehead atoms. The molecule has 286 valence electrons. The zero-order valence-corrected chi connectivity index (χ0v) is 30.9. The number of carbonyl (C=O) groups is 1. The number of alkyl halides is 1. The van der Waals surface area contributed by atoms with Gasteiger partial charge in [0, 0.05) is 81.9 Å². The third-order valence-electron chi connectivity index (χ3n) is 11.9. The zero-order valence-electron chi connectivity index (χ0n) is 30.1. The molecule has 6 aliphatic heterocycles. The minimum atomic E-state index is -0.960. The summed E-state index contributed by atoms with van der Waals surface area (Å²) in [5, 5.41) is 1.10. The van der Waals surface area contributed by atoms with E-state index in [1.165, 1.54) is 12.3 Å². The number of hydrogen-bond donors (Lipinski definition) is 0. The Bertz CT molecular complexity index is 2220. The lowest BCUT2D eigenvalue weighted by molar-refractivity contribution is -0.178. The van der Waals surface area contributed by atoms with Crippen LogP contribution in [0.15, 0.2) is 48.7 Å². The Balaban J connectivity index is 1.04. The molecule has 1 amide bonds. The second-order valence-electron chi connectivity index (χ2n) is 15.4. The maximum atomic E-state index is 17.0. The summed E-state index contributed by atoms with van der Waals surface area (Å²) in [6, 6.07) is 7.42. The van der Waals surface area contributed by atoms with Crippen molar-refractivity contribution in [1.82, 2.24) is 29.7 Å². The second kappa shape index (κ2) is 14.5. The fraction of sp³-hybridized carbons (Fsp3) is 0.475. The Labute approximate surface area is 321 Å². The van der Waals surface area contributed by atoms with Gasteiger partial charge in [0.1, 0.15) is 41.7 Å². The third kappa shape index (κ3) is 6.64. The number of hydrogen-bond acceptors (Lipinski definition) is 9. The van der Waals surface area contributed by atoms with E-state index in [0.29, 0.717) is 60.1 Å². The van der Waals surface area contributed by atoms with Gasteiger partial charge in [-0.1, -0.05) is 41.9 Å². The Morgan fingerprint density at radius 3 is 2.76 bits per heavy atom. The number of piperidine rings is 1. The highest BCUT2D eigenvalue weighted by Gasteiger charge is 2.49. The number of nitrogens with zero attached hydrogens (tertiary/aromatic N) is 8. The van der Waals surface area contributed by atoms with Crippen LogP contribution in [0.1, 0.15) is 25.7 Å². The second-order valence-corrected chi connectivity index (χ2v) is 15.7. The molecule has 2 aromatic heterocycles. The fourth-order valence-corrected chi connectivity index (χ4v) is 9.53. The summed E-state index contributed by atoms with van der Waals surface area (Å²) >= 11 is 6.44. The van der Waals surface area contributed by atoms with Crippen molar-refractivity contribution in [2.24, 2.45) is 0 Å². The molecular formula is C40H40ClF3N8O3. The van der Waals surface area contributed by atoms with Crippen molar-refractivity contribution >= 4 is 45.0 Å². The number of aromatic nitrogens is 3. The molecule has 0 aliphatic carbocycles. The van der Waals surface area contributed by atoms with Crippen LogP contribution in [-0.2, 0) is 9.53 Å². The molecule has 6 fully saturated rings. The van der Waals surface area contributed by atoms with Gasteiger partial charge < -0.3 is 24.1 Å². The summed E-state index contributed by atoms with van der Waals surface area (Å²) in [7, 11) is 0. The van der Waals surface area contributed by atoms with Gasteiger partial charge in [-0.05, 0) is 30.8 Å². The number of halogens is 4. The minimum absolute atomic E-state index is 0.0611. The first-order valence-corrected chi connectivity index (χ1v) is 19.3. The van der Waals surface area contributed by atoms with Crippen molar-refractivity contribution in [2.75, 3.05) is 70.4 Å². The van der Waals surface area contributed by atoms with Gasteiger partial charge in [0.05, 0.1) is 28.2 Å². The summed E-state index contributed by atoms with van der Waals surface area (Å²) in [5.74, 6) is -1.23. The molecule has 55 heavy (non-hydrogen) atoms. The molecule has 4 aromatic rings. The summed E-state index contributed by atoms with van der Waals surface area (Å²) in [6.45, 7) is 12.3. The number of pyridine rings is 1. The molecule has 0 spiro atoms. The van der Waals surface area contributed by atoms with Gasteiger partial charge in [0.25, 0.3) is 0 Å². The average Bonchev–Trinajstić information content (AvgIpc) is 3.71. The molecule has 6 saturated heterocycles. The van der Waals surface area contributed by atoms with E-state index in [1.54, 1.807) is 35.2 Å².